The van der Waals surface area contributed by atoms with Gasteiger partial charge in [-0.2, -0.15) is 9.61 Å². The molecule has 1 aromatic carbocycles. The van der Waals surface area contributed by atoms with Crippen molar-refractivity contribution >= 4 is 23.1 Å². The molecule has 0 spiro atoms. The maximum absolute atomic E-state index is 13.5. The van der Waals surface area contributed by atoms with Gasteiger partial charge in [-0.05, 0) is 44.9 Å². The minimum absolute atomic E-state index is 0.0395. The van der Waals surface area contributed by atoms with E-state index in [1.807, 2.05) is 11.4 Å². The zero-order valence-corrected chi connectivity index (χ0v) is 24.0. The van der Waals surface area contributed by atoms with Crippen LogP contribution in [0.4, 0.5) is 16.0 Å². The van der Waals surface area contributed by atoms with Crippen molar-refractivity contribution in [1.82, 2.24) is 19.9 Å². The first-order valence-electron chi connectivity index (χ1n) is 14.3. The van der Waals surface area contributed by atoms with Crippen molar-refractivity contribution in [3.63, 3.8) is 0 Å². The second-order valence-corrected chi connectivity index (χ2v) is 10.8. The van der Waals surface area contributed by atoms with Gasteiger partial charge in [0.05, 0.1) is 11.3 Å². The van der Waals surface area contributed by atoms with Crippen LogP contribution in [-0.4, -0.2) is 66.3 Å². The molecule has 9 heteroatoms. The zero-order valence-electron chi connectivity index (χ0n) is 24.0. The summed E-state index contributed by atoms with van der Waals surface area (Å²) in [6, 6.07) is 8.39. The number of hydrogen-bond donors (Lipinski definition) is 1. The highest BCUT2D eigenvalue weighted by molar-refractivity contribution is 5.96. The quantitative estimate of drug-likeness (QED) is 0.203. The topological polar surface area (TPSA) is 75.0 Å². The molecule has 0 saturated carbocycles. The highest BCUT2D eigenvalue weighted by atomic mass is 19.1. The lowest BCUT2D eigenvalue weighted by molar-refractivity contribution is 0.101. The molecule has 8 nitrogen and oxygen atoms in total. The Morgan fingerprint density at radius 1 is 1.21 bits per heavy atom. The van der Waals surface area contributed by atoms with E-state index in [2.05, 4.69) is 48.1 Å². The van der Waals surface area contributed by atoms with Gasteiger partial charge in [-0.25, -0.2) is 9.37 Å². The van der Waals surface area contributed by atoms with Crippen LogP contribution in [0, 0.1) is 5.82 Å². The van der Waals surface area contributed by atoms with Crippen molar-refractivity contribution in [2.24, 2.45) is 0 Å². The molecule has 3 aromatic rings. The number of hydrogen-bond acceptors (Lipinski definition) is 7. The van der Waals surface area contributed by atoms with Crippen molar-refractivity contribution < 1.29 is 13.9 Å². The van der Waals surface area contributed by atoms with Gasteiger partial charge < -0.3 is 19.9 Å². The Morgan fingerprint density at radius 2 is 2.00 bits per heavy atom. The molecule has 2 atom stereocenters. The van der Waals surface area contributed by atoms with Crippen LogP contribution in [0.2, 0.25) is 0 Å². The van der Waals surface area contributed by atoms with E-state index < -0.39 is 5.82 Å². The number of unbranched alkanes of at least 4 members (excludes halogenated alkanes) is 2. The van der Waals surface area contributed by atoms with E-state index in [9.17, 15) is 9.18 Å². The molecule has 1 aliphatic heterocycles. The molecule has 1 fully saturated rings. The summed E-state index contributed by atoms with van der Waals surface area (Å²) in [6.45, 7) is 11.9. The first kappa shape index (κ1) is 28.8. The third-order valence-corrected chi connectivity index (χ3v) is 7.48. The molecule has 1 aliphatic rings. The second-order valence-electron chi connectivity index (χ2n) is 10.8. The van der Waals surface area contributed by atoms with Gasteiger partial charge in [0.15, 0.2) is 11.4 Å². The lowest BCUT2D eigenvalue weighted by atomic mass is 10.0. The summed E-state index contributed by atoms with van der Waals surface area (Å²) in [6.07, 6.45) is 6.03. The minimum Gasteiger partial charge on any atom is -0.491 e. The number of nitrogens with zero attached hydrogens (tertiary/aromatic N) is 5. The summed E-state index contributed by atoms with van der Waals surface area (Å²) in [7, 11) is 2.08. The molecular weight excluding hydrogens is 495 g/mol. The van der Waals surface area contributed by atoms with Gasteiger partial charge in [0.2, 0.25) is 0 Å². The summed E-state index contributed by atoms with van der Waals surface area (Å²) in [5.74, 6) is 2.18. The zero-order chi connectivity index (χ0) is 27.9. The number of benzene rings is 1. The number of aromatic nitrogens is 3. The van der Waals surface area contributed by atoms with Gasteiger partial charge in [0, 0.05) is 57.3 Å². The molecule has 2 aromatic heterocycles. The number of carbonyl (C=O) groups is 1. The molecule has 3 heterocycles. The largest absolute Gasteiger partial charge is 0.491 e. The van der Waals surface area contributed by atoms with Gasteiger partial charge in [0.1, 0.15) is 29.8 Å². The third-order valence-electron chi connectivity index (χ3n) is 7.48. The molecule has 39 heavy (non-hydrogen) atoms. The molecule has 0 bridgehead atoms. The number of fused-ring (bicyclic) bond motifs is 1. The van der Waals surface area contributed by atoms with Crippen molar-refractivity contribution in [2.45, 2.75) is 71.8 Å². The summed E-state index contributed by atoms with van der Waals surface area (Å²) >= 11 is 0. The number of rotatable bonds is 15. The molecular formula is C30H43FN6O2. The molecule has 1 N–H and O–H groups in total. The van der Waals surface area contributed by atoms with Crippen LogP contribution in [0.5, 0.6) is 5.75 Å². The van der Waals surface area contributed by atoms with E-state index in [4.69, 9.17) is 14.8 Å². The van der Waals surface area contributed by atoms with E-state index in [-0.39, 0.29) is 17.4 Å². The van der Waals surface area contributed by atoms with E-state index in [0.29, 0.717) is 18.3 Å². The van der Waals surface area contributed by atoms with Crippen molar-refractivity contribution in [2.75, 3.05) is 49.6 Å². The van der Waals surface area contributed by atoms with Crippen LogP contribution < -0.4 is 19.9 Å². The standard InChI is InChI=1S/C30H43FN6O2/c1-6-7-8-10-21(2)26-18-29-33-28(36-14-9-15-36)19-30(37(29)34-26)35(5)16-13-32-22(3)20-39-27-12-11-24(31)17-25(27)23(4)38/h11-12,17-19,21-22,32H,6-10,13-16,20H2,1-5H3. The summed E-state index contributed by atoms with van der Waals surface area (Å²) in [5.41, 5.74) is 2.26. The minimum atomic E-state index is -0.445. The average molecular weight is 539 g/mol. The highest BCUT2D eigenvalue weighted by Crippen LogP contribution is 2.28. The fourth-order valence-electron chi connectivity index (χ4n) is 4.80. The first-order valence-corrected chi connectivity index (χ1v) is 14.3. The van der Waals surface area contributed by atoms with Crippen molar-refractivity contribution in [1.29, 1.82) is 0 Å². The number of ketones is 1. The lowest BCUT2D eigenvalue weighted by Crippen LogP contribution is -2.39. The van der Waals surface area contributed by atoms with Gasteiger partial charge in [-0.3, -0.25) is 4.79 Å². The number of halogens is 1. The molecule has 0 radical (unpaired) electrons. The van der Waals surface area contributed by atoms with Gasteiger partial charge in [-0.15, -0.1) is 0 Å². The number of anilines is 2. The predicted octanol–water partition coefficient (Wildman–Crippen LogP) is 5.46. The number of carbonyl (C=O) groups excluding carboxylic acids is 1. The fourth-order valence-corrected chi connectivity index (χ4v) is 4.80. The van der Waals surface area contributed by atoms with Gasteiger partial charge in [-0.1, -0.05) is 33.1 Å². The van der Waals surface area contributed by atoms with Crippen LogP contribution in [0.3, 0.4) is 0 Å². The third kappa shape index (κ3) is 7.26. The van der Waals surface area contributed by atoms with Gasteiger partial charge >= 0.3 is 0 Å². The first-order chi connectivity index (χ1) is 18.8. The fraction of sp³-hybridized carbons (Fsp3) is 0.567. The Bertz CT molecular complexity index is 1260. The van der Waals surface area contributed by atoms with Gasteiger partial charge in [0.25, 0.3) is 0 Å². The number of ether oxygens (including phenoxy) is 1. The maximum Gasteiger partial charge on any atom is 0.163 e. The SMILES string of the molecule is CCCCCC(C)c1cc2nc(N3CCC3)cc(N(C)CCNC(C)COc3ccc(F)cc3C(C)=O)n2n1. The molecule has 0 aliphatic carbocycles. The van der Waals surface area contributed by atoms with Crippen LogP contribution in [0.1, 0.15) is 81.8 Å². The highest BCUT2D eigenvalue weighted by Gasteiger charge is 2.21. The van der Waals surface area contributed by atoms with Crippen LogP contribution in [-0.2, 0) is 0 Å². The Labute approximate surface area is 231 Å². The predicted molar refractivity (Wildman–Crippen MR) is 155 cm³/mol. The summed E-state index contributed by atoms with van der Waals surface area (Å²) in [4.78, 5) is 21.3. The Morgan fingerprint density at radius 3 is 2.69 bits per heavy atom. The molecule has 212 valence electrons. The molecule has 4 rings (SSSR count). The van der Waals surface area contributed by atoms with Crippen molar-refractivity contribution in [3.05, 3.63) is 47.4 Å². The second kappa shape index (κ2) is 13.2. The number of likely N-dealkylation sites (N-methyl/N-ethyl adjacent to an activating group) is 1. The number of Topliss-reactive ketones (excluding diaryl/α,β-unsaturated/α-hetero) is 1. The van der Waals surface area contributed by atoms with E-state index in [1.165, 1.54) is 50.8 Å². The number of nitrogens with one attached hydrogen (secondary N) is 1. The summed E-state index contributed by atoms with van der Waals surface area (Å²) < 4.78 is 21.4. The van der Waals surface area contributed by atoms with E-state index >= 15 is 0 Å². The summed E-state index contributed by atoms with van der Waals surface area (Å²) in [5, 5.41) is 8.48. The lowest BCUT2D eigenvalue weighted by Gasteiger charge is -2.33. The normalized spacial score (nSPS) is 14.8. The van der Waals surface area contributed by atoms with E-state index in [0.717, 1.165) is 55.6 Å². The van der Waals surface area contributed by atoms with Crippen LogP contribution in [0.25, 0.3) is 5.65 Å². The average Bonchev–Trinajstić information content (AvgIpc) is 3.31. The van der Waals surface area contributed by atoms with E-state index in [1.54, 1.807) is 0 Å². The van der Waals surface area contributed by atoms with Crippen LogP contribution >= 0.6 is 0 Å². The molecule has 1 saturated heterocycles. The molecule has 2 unspecified atom stereocenters. The molecule has 0 amide bonds. The maximum atomic E-state index is 13.5. The Kier molecular flexibility index (Phi) is 9.78. The monoisotopic (exact) mass is 538 g/mol. The Balaban J connectivity index is 1.39. The Hall–Kier alpha value is -3.20. The van der Waals surface area contributed by atoms with Crippen LogP contribution in [0.15, 0.2) is 30.3 Å². The van der Waals surface area contributed by atoms with Crippen molar-refractivity contribution in [3.8, 4) is 5.75 Å². The smallest absolute Gasteiger partial charge is 0.163 e.